The summed E-state index contributed by atoms with van der Waals surface area (Å²) < 4.78 is 26.1. The van der Waals surface area contributed by atoms with E-state index in [1.165, 1.54) is 10.9 Å². The van der Waals surface area contributed by atoms with Crippen LogP contribution in [0.4, 0.5) is 11.8 Å². The maximum atomic E-state index is 12.3. The van der Waals surface area contributed by atoms with Crippen LogP contribution in [0.25, 0.3) is 11.1 Å². The van der Waals surface area contributed by atoms with E-state index in [0.29, 0.717) is 11.1 Å². The van der Waals surface area contributed by atoms with E-state index in [-0.39, 0.29) is 16.8 Å². The van der Waals surface area contributed by atoms with Crippen molar-refractivity contribution in [2.45, 2.75) is 24.1 Å². The number of hydrogen-bond donors (Lipinski definition) is 2. The predicted molar refractivity (Wildman–Crippen MR) is 75.4 cm³/mol. The summed E-state index contributed by atoms with van der Waals surface area (Å²) in [5.74, 6) is 0.147. The second kappa shape index (κ2) is 4.75. The zero-order chi connectivity index (χ0) is 15.1. The third kappa shape index (κ3) is 2.31. The Morgan fingerprint density at radius 2 is 1.90 bits per heavy atom. The molecule has 0 fully saturated rings. The quantitative estimate of drug-likeness (QED) is 0.828. The van der Waals surface area contributed by atoms with E-state index in [9.17, 15) is 8.42 Å². The normalized spacial score (nSPS) is 12.0. The molecule has 2 rings (SSSR count). The highest BCUT2D eigenvalue weighted by Gasteiger charge is 2.28. The van der Waals surface area contributed by atoms with Crippen molar-refractivity contribution in [3.63, 3.8) is 0 Å². The van der Waals surface area contributed by atoms with Crippen LogP contribution < -0.4 is 11.5 Å². The van der Waals surface area contributed by atoms with E-state index in [0.717, 1.165) is 0 Å². The van der Waals surface area contributed by atoms with Crippen molar-refractivity contribution < 1.29 is 8.42 Å². The Bertz CT molecular complexity index is 750. The molecule has 8 nitrogen and oxygen atoms in total. The van der Waals surface area contributed by atoms with Crippen molar-refractivity contribution in [3.05, 3.63) is 12.4 Å². The number of rotatable bonds is 3. The molecule has 0 unspecified atom stereocenters. The summed E-state index contributed by atoms with van der Waals surface area (Å²) in [6, 6.07) is 0. The Balaban J connectivity index is 2.70. The van der Waals surface area contributed by atoms with Gasteiger partial charge in [0, 0.05) is 30.6 Å². The standard InChI is InChI=1S/C11H16N6O2S/c1-6(2)20(18,19)10-8(5-17(3)16-10)7-4-14-11(13)15-9(7)12/h4-6H,1-3H3,(H4,12,13,14,15). The molecule has 4 N–H and O–H groups in total. The minimum atomic E-state index is -3.54. The fourth-order valence-corrected chi connectivity index (χ4v) is 2.86. The van der Waals surface area contributed by atoms with Gasteiger partial charge < -0.3 is 11.5 Å². The molecule has 9 heteroatoms. The van der Waals surface area contributed by atoms with Crippen LogP contribution >= 0.6 is 0 Å². The summed E-state index contributed by atoms with van der Waals surface area (Å²) >= 11 is 0. The van der Waals surface area contributed by atoms with E-state index >= 15 is 0 Å². The van der Waals surface area contributed by atoms with Crippen LogP contribution in [0, 0.1) is 0 Å². The second-order valence-electron chi connectivity index (χ2n) is 4.64. The highest BCUT2D eigenvalue weighted by molar-refractivity contribution is 7.92. The fraction of sp³-hybridized carbons (Fsp3) is 0.364. The van der Waals surface area contributed by atoms with Gasteiger partial charge in [-0.25, -0.2) is 13.4 Å². The van der Waals surface area contributed by atoms with Crippen LogP contribution in [-0.2, 0) is 16.9 Å². The first-order valence-electron chi connectivity index (χ1n) is 5.89. The Morgan fingerprint density at radius 3 is 2.45 bits per heavy atom. The molecule has 0 saturated heterocycles. The van der Waals surface area contributed by atoms with E-state index in [4.69, 9.17) is 11.5 Å². The summed E-state index contributed by atoms with van der Waals surface area (Å²) in [4.78, 5) is 7.69. The molecule has 0 radical (unpaired) electrons. The van der Waals surface area contributed by atoms with Crippen LogP contribution in [0.5, 0.6) is 0 Å². The van der Waals surface area contributed by atoms with Crippen LogP contribution in [0.3, 0.4) is 0 Å². The Morgan fingerprint density at radius 1 is 1.25 bits per heavy atom. The van der Waals surface area contributed by atoms with Crippen molar-refractivity contribution in [1.82, 2.24) is 19.7 Å². The molecule has 2 aromatic heterocycles. The molecule has 0 amide bonds. The summed E-state index contributed by atoms with van der Waals surface area (Å²) in [6.07, 6.45) is 2.97. The molecule has 0 aliphatic heterocycles. The van der Waals surface area contributed by atoms with Gasteiger partial charge in [0.15, 0.2) is 14.9 Å². The summed E-state index contributed by atoms with van der Waals surface area (Å²) in [5, 5.41) is 3.41. The maximum Gasteiger partial charge on any atom is 0.221 e. The number of hydrogen-bond acceptors (Lipinski definition) is 7. The number of anilines is 2. The number of nitrogens with zero attached hydrogens (tertiary/aromatic N) is 4. The molecule has 0 aliphatic carbocycles. The summed E-state index contributed by atoms with van der Waals surface area (Å²) in [6.45, 7) is 3.19. The van der Waals surface area contributed by atoms with Gasteiger partial charge in [0.25, 0.3) is 0 Å². The van der Waals surface area contributed by atoms with E-state index in [1.54, 1.807) is 27.1 Å². The predicted octanol–water partition coefficient (Wildman–Crippen LogP) is 0.224. The third-order valence-corrected chi connectivity index (χ3v) is 4.89. The van der Waals surface area contributed by atoms with Gasteiger partial charge in [-0.3, -0.25) is 4.68 Å². The largest absolute Gasteiger partial charge is 0.383 e. The highest BCUT2D eigenvalue weighted by Crippen LogP contribution is 2.31. The fourth-order valence-electron chi connectivity index (χ4n) is 1.70. The SMILES string of the molecule is CC(C)S(=O)(=O)c1nn(C)cc1-c1cnc(N)nc1N. The number of sulfone groups is 1. The number of nitrogens with two attached hydrogens (primary N) is 2. The van der Waals surface area contributed by atoms with Crippen LogP contribution in [0.1, 0.15) is 13.8 Å². The van der Waals surface area contributed by atoms with Crippen molar-refractivity contribution in [2.24, 2.45) is 7.05 Å². The lowest BCUT2D eigenvalue weighted by atomic mass is 10.2. The van der Waals surface area contributed by atoms with Gasteiger partial charge in [0.2, 0.25) is 5.95 Å². The van der Waals surface area contributed by atoms with Crippen molar-refractivity contribution >= 4 is 21.6 Å². The summed E-state index contributed by atoms with van der Waals surface area (Å²) in [7, 11) is -1.90. The lowest BCUT2D eigenvalue weighted by Gasteiger charge is -2.08. The minimum Gasteiger partial charge on any atom is -0.383 e. The Kier molecular flexibility index (Phi) is 3.38. The van der Waals surface area contributed by atoms with E-state index in [2.05, 4.69) is 15.1 Å². The van der Waals surface area contributed by atoms with Gasteiger partial charge in [-0.15, -0.1) is 0 Å². The second-order valence-corrected chi connectivity index (χ2v) is 7.06. The lowest BCUT2D eigenvalue weighted by Crippen LogP contribution is -2.16. The average Bonchev–Trinajstić information content (AvgIpc) is 2.71. The molecule has 0 atom stereocenters. The van der Waals surface area contributed by atoms with Crippen molar-refractivity contribution in [3.8, 4) is 11.1 Å². The van der Waals surface area contributed by atoms with Gasteiger partial charge in [0.1, 0.15) is 5.82 Å². The molecule has 108 valence electrons. The number of aryl methyl sites for hydroxylation is 1. The average molecular weight is 296 g/mol. The van der Waals surface area contributed by atoms with Gasteiger partial charge in [-0.05, 0) is 13.8 Å². The highest BCUT2D eigenvalue weighted by atomic mass is 32.2. The molecular formula is C11H16N6O2S. The first kappa shape index (κ1) is 14.3. The molecule has 2 aromatic rings. The molecule has 2 heterocycles. The van der Waals surface area contributed by atoms with Gasteiger partial charge in [-0.1, -0.05) is 0 Å². The van der Waals surface area contributed by atoms with Crippen molar-refractivity contribution in [2.75, 3.05) is 11.5 Å². The molecule has 20 heavy (non-hydrogen) atoms. The molecular weight excluding hydrogens is 280 g/mol. The zero-order valence-corrected chi connectivity index (χ0v) is 12.2. The van der Waals surface area contributed by atoms with Crippen LogP contribution in [0.2, 0.25) is 0 Å². The van der Waals surface area contributed by atoms with Crippen LogP contribution in [-0.4, -0.2) is 33.4 Å². The molecule has 0 saturated carbocycles. The van der Waals surface area contributed by atoms with E-state index < -0.39 is 15.1 Å². The maximum absolute atomic E-state index is 12.3. The Hall–Kier alpha value is -2.16. The van der Waals surface area contributed by atoms with Crippen LogP contribution in [0.15, 0.2) is 17.4 Å². The van der Waals surface area contributed by atoms with Gasteiger partial charge in [0.05, 0.1) is 5.25 Å². The molecule has 0 aromatic carbocycles. The van der Waals surface area contributed by atoms with Crippen molar-refractivity contribution in [1.29, 1.82) is 0 Å². The monoisotopic (exact) mass is 296 g/mol. The van der Waals surface area contributed by atoms with E-state index in [1.807, 2.05) is 0 Å². The van der Waals surface area contributed by atoms with Gasteiger partial charge >= 0.3 is 0 Å². The minimum absolute atomic E-state index is 0.0309. The zero-order valence-electron chi connectivity index (χ0n) is 11.4. The third-order valence-electron chi connectivity index (χ3n) is 2.81. The lowest BCUT2D eigenvalue weighted by molar-refractivity contribution is 0.579. The first-order chi connectivity index (χ1) is 9.23. The molecule has 0 aliphatic rings. The van der Waals surface area contributed by atoms with Gasteiger partial charge in [-0.2, -0.15) is 10.1 Å². The number of nitrogen functional groups attached to an aromatic ring is 2. The molecule has 0 bridgehead atoms. The first-order valence-corrected chi connectivity index (χ1v) is 7.44. The summed E-state index contributed by atoms with van der Waals surface area (Å²) in [5.41, 5.74) is 12.0. The smallest absolute Gasteiger partial charge is 0.221 e. The topological polar surface area (TPSA) is 130 Å². The number of aromatic nitrogens is 4. The Labute approximate surface area is 116 Å². The molecule has 0 spiro atoms.